The van der Waals surface area contributed by atoms with Crippen LogP contribution in [0.3, 0.4) is 0 Å². The van der Waals surface area contributed by atoms with Crippen molar-refractivity contribution in [1.29, 1.82) is 0 Å². The second kappa shape index (κ2) is 7.05. The summed E-state index contributed by atoms with van der Waals surface area (Å²) in [6, 6.07) is 7.82. The molecule has 1 aromatic heterocycles. The Bertz CT molecular complexity index is 726. The predicted molar refractivity (Wildman–Crippen MR) is 89.9 cm³/mol. The summed E-state index contributed by atoms with van der Waals surface area (Å²) in [6.07, 6.45) is 2.35. The van der Waals surface area contributed by atoms with Crippen molar-refractivity contribution in [3.63, 3.8) is 0 Å². The van der Waals surface area contributed by atoms with Gasteiger partial charge in [-0.1, -0.05) is 12.1 Å². The maximum Gasteiger partial charge on any atom is 0.258 e. The smallest absolute Gasteiger partial charge is 0.258 e. The highest BCUT2D eigenvalue weighted by Crippen LogP contribution is 2.28. The summed E-state index contributed by atoms with van der Waals surface area (Å²) in [5, 5.41) is 7.19. The highest BCUT2D eigenvalue weighted by molar-refractivity contribution is 5.78. The quantitative estimate of drug-likeness (QED) is 0.912. The number of aryl methyl sites for hydroxylation is 3. The Morgan fingerprint density at radius 3 is 3.00 bits per heavy atom. The number of benzene rings is 1. The molecule has 24 heavy (non-hydrogen) atoms. The van der Waals surface area contributed by atoms with Crippen LogP contribution in [0, 0.1) is 13.8 Å². The van der Waals surface area contributed by atoms with Gasteiger partial charge in [0.25, 0.3) is 5.91 Å². The number of hydrogen-bond donors (Lipinski definition) is 1. The lowest BCUT2D eigenvalue weighted by Gasteiger charge is -2.20. The Morgan fingerprint density at radius 1 is 1.42 bits per heavy atom. The molecule has 0 saturated carbocycles. The van der Waals surface area contributed by atoms with Crippen LogP contribution in [0.5, 0.6) is 5.75 Å². The second-order valence-corrected chi connectivity index (χ2v) is 6.19. The van der Waals surface area contributed by atoms with Crippen LogP contribution >= 0.6 is 0 Å². The standard InChI is InChI=1S/C18H23N3O3/c1-12-4-5-13(2)16(10-12)24-11-17(22)20-14-7-9-23-18(14)15-6-8-19-21(15)3/h4-6,8,10,14,18H,7,9,11H2,1-3H3,(H,20,22)/t14-,18-/m0/s1. The molecule has 1 saturated heterocycles. The van der Waals surface area contributed by atoms with Crippen molar-refractivity contribution >= 4 is 5.91 Å². The highest BCUT2D eigenvalue weighted by Gasteiger charge is 2.32. The van der Waals surface area contributed by atoms with Crippen molar-refractivity contribution in [2.24, 2.45) is 7.05 Å². The lowest BCUT2D eigenvalue weighted by Crippen LogP contribution is -2.40. The topological polar surface area (TPSA) is 65.4 Å². The molecule has 0 spiro atoms. The van der Waals surface area contributed by atoms with Crippen LogP contribution in [0.25, 0.3) is 0 Å². The number of nitrogens with one attached hydrogen (secondary N) is 1. The first kappa shape index (κ1) is 16.5. The van der Waals surface area contributed by atoms with E-state index >= 15 is 0 Å². The van der Waals surface area contributed by atoms with E-state index in [2.05, 4.69) is 10.4 Å². The molecule has 0 bridgehead atoms. The number of aromatic nitrogens is 2. The van der Waals surface area contributed by atoms with Gasteiger partial charge in [-0.15, -0.1) is 0 Å². The van der Waals surface area contributed by atoms with Gasteiger partial charge in [-0.25, -0.2) is 0 Å². The van der Waals surface area contributed by atoms with E-state index in [1.165, 1.54) is 0 Å². The van der Waals surface area contributed by atoms with Crippen LogP contribution in [-0.4, -0.2) is 34.9 Å². The van der Waals surface area contributed by atoms with Gasteiger partial charge in [0.05, 0.1) is 11.7 Å². The van der Waals surface area contributed by atoms with Crippen molar-refractivity contribution in [3.05, 3.63) is 47.3 Å². The molecular formula is C18H23N3O3. The molecule has 6 heteroatoms. The average Bonchev–Trinajstić information content (AvgIpc) is 3.16. The Morgan fingerprint density at radius 2 is 2.25 bits per heavy atom. The summed E-state index contributed by atoms with van der Waals surface area (Å²) in [5.41, 5.74) is 3.09. The molecule has 1 amide bonds. The van der Waals surface area contributed by atoms with Crippen LogP contribution in [-0.2, 0) is 16.6 Å². The summed E-state index contributed by atoms with van der Waals surface area (Å²) >= 11 is 0. The number of amides is 1. The van der Waals surface area contributed by atoms with Gasteiger partial charge in [0.15, 0.2) is 6.61 Å². The zero-order valence-electron chi connectivity index (χ0n) is 14.3. The lowest BCUT2D eigenvalue weighted by atomic mass is 10.1. The number of carbonyl (C=O) groups excluding carboxylic acids is 1. The summed E-state index contributed by atoms with van der Waals surface area (Å²) in [5.74, 6) is 0.606. The monoisotopic (exact) mass is 329 g/mol. The van der Waals surface area contributed by atoms with E-state index in [1.54, 1.807) is 10.9 Å². The van der Waals surface area contributed by atoms with Crippen molar-refractivity contribution in [2.75, 3.05) is 13.2 Å². The van der Waals surface area contributed by atoms with E-state index in [0.717, 1.165) is 29.0 Å². The minimum Gasteiger partial charge on any atom is -0.483 e. The van der Waals surface area contributed by atoms with Crippen LogP contribution in [0.2, 0.25) is 0 Å². The van der Waals surface area contributed by atoms with Crippen molar-refractivity contribution in [3.8, 4) is 5.75 Å². The fraction of sp³-hybridized carbons (Fsp3) is 0.444. The summed E-state index contributed by atoms with van der Waals surface area (Å²) in [6.45, 7) is 4.59. The first-order valence-corrected chi connectivity index (χ1v) is 8.13. The summed E-state index contributed by atoms with van der Waals surface area (Å²) < 4.78 is 13.2. The zero-order valence-corrected chi connectivity index (χ0v) is 14.3. The molecule has 0 radical (unpaired) electrons. The lowest BCUT2D eigenvalue weighted by molar-refractivity contribution is -0.124. The number of ether oxygens (including phenoxy) is 2. The van der Waals surface area contributed by atoms with E-state index in [-0.39, 0.29) is 24.7 Å². The summed E-state index contributed by atoms with van der Waals surface area (Å²) in [4.78, 5) is 12.3. The number of carbonyl (C=O) groups is 1. The molecule has 2 heterocycles. The number of rotatable bonds is 5. The Hall–Kier alpha value is -2.34. The van der Waals surface area contributed by atoms with Gasteiger partial charge in [0.2, 0.25) is 0 Å². The van der Waals surface area contributed by atoms with Gasteiger partial charge in [0, 0.05) is 19.9 Å². The van der Waals surface area contributed by atoms with Crippen molar-refractivity contribution in [1.82, 2.24) is 15.1 Å². The largest absolute Gasteiger partial charge is 0.483 e. The molecular weight excluding hydrogens is 306 g/mol. The highest BCUT2D eigenvalue weighted by atomic mass is 16.5. The minimum absolute atomic E-state index is 0.00109. The van der Waals surface area contributed by atoms with Crippen LogP contribution in [0.1, 0.15) is 29.3 Å². The van der Waals surface area contributed by atoms with E-state index in [4.69, 9.17) is 9.47 Å². The van der Waals surface area contributed by atoms with Gasteiger partial charge < -0.3 is 14.8 Å². The molecule has 2 aromatic rings. The first-order valence-electron chi connectivity index (χ1n) is 8.13. The molecule has 2 atom stereocenters. The van der Waals surface area contributed by atoms with Gasteiger partial charge in [-0.05, 0) is 43.5 Å². The van der Waals surface area contributed by atoms with Crippen LogP contribution in [0.4, 0.5) is 0 Å². The molecule has 3 rings (SSSR count). The molecule has 0 unspecified atom stereocenters. The minimum atomic E-state index is -0.165. The molecule has 1 N–H and O–H groups in total. The van der Waals surface area contributed by atoms with Gasteiger partial charge >= 0.3 is 0 Å². The third-order valence-electron chi connectivity index (χ3n) is 4.29. The van der Waals surface area contributed by atoms with Gasteiger partial charge in [-0.2, -0.15) is 5.10 Å². The third-order valence-corrected chi connectivity index (χ3v) is 4.29. The Kier molecular flexibility index (Phi) is 4.85. The fourth-order valence-corrected chi connectivity index (χ4v) is 2.95. The molecule has 1 fully saturated rings. The normalized spacial score (nSPS) is 20.1. The van der Waals surface area contributed by atoms with Crippen LogP contribution in [0.15, 0.2) is 30.5 Å². The molecule has 0 aliphatic carbocycles. The van der Waals surface area contributed by atoms with E-state index in [0.29, 0.717) is 6.61 Å². The average molecular weight is 329 g/mol. The predicted octanol–water partition coefficient (Wildman–Crippen LogP) is 2.06. The maximum atomic E-state index is 12.3. The third kappa shape index (κ3) is 3.59. The second-order valence-electron chi connectivity index (χ2n) is 6.19. The first-order chi connectivity index (χ1) is 11.5. The maximum absolute atomic E-state index is 12.3. The molecule has 1 aliphatic heterocycles. The summed E-state index contributed by atoms with van der Waals surface area (Å²) in [7, 11) is 1.87. The fourth-order valence-electron chi connectivity index (χ4n) is 2.95. The zero-order chi connectivity index (χ0) is 17.1. The van der Waals surface area contributed by atoms with Crippen molar-refractivity contribution < 1.29 is 14.3 Å². The Balaban J connectivity index is 1.58. The molecule has 128 valence electrons. The number of hydrogen-bond acceptors (Lipinski definition) is 4. The number of nitrogens with zero attached hydrogens (tertiary/aromatic N) is 2. The Labute approximate surface area is 141 Å². The van der Waals surface area contributed by atoms with Gasteiger partial charge in [0.1, 0.15) is 11.9 Å². The molecule has 1 aromatic carbocycles. The van der Waals surface area contributed by atoms with Crippen molar-refractivity contribution in [2.45, 2.75) is 32.4 Å². The SMILES string of the molecule is Cc1ccc(C)c(OCC(=O)N[C@H]2CCO[C@@H]2c2ccnn2C)c1. The van der Waals surface area contributed by atoms with Crippen LogP contribution < -0.4 is 10.1 Å². The van der Waals surface area contributed by atoms with E-state index < -0.39 is 0 Å². The molecule has 6 nitrogen and oxygen atoms in total. The van der Waals surface area contributed by atoms with Gasteiger partial charge in [-0.3, -0.25) is 9.48 Å². The van der Waals surface area contributed by atoms with E-state index in [9.17, 15) is 4.79 Å². The van der Waals surface area contributed by atoms with E-state index in [1.807, 2.05) is 45.2 Å². The molecule has 1 aliphatic rings.